The molecule has 0 saturated carbocycles. The highest BCUT2D eigenvalue weighted by atomic mass is 16.5. The molecule has 0 aliphatic carbocycles. The van der Waals surface area contributed by atoms with Gasteiger partial charge in [0.1, 0.15) is 6.61 Å². The van der Waals surface area contributed by atoms with Crippen molar-refractivity contribution >= 4 is 18.0 Å². The van der Waals surface area contributed by atoms with Crippen LogP contribution in [0, 0.1) is 0 Å². The van der Waals surface area contributed by atoms with Gasteiger partial charge in [0.2, 0.25) is 0 Å². The predicted octanol–water partition coefficient (Wildman–Crippen LogP) is 3.28. The van der Waals surface area contributed by atoms with E-state index in [-0.39, 0.29) is 0 Å². The van der Waals surface area contributed by atoms with Crippen molar-refractivity contribution in [2.45, 2.75) is 6.61 Å². The summed E-state index contributed by atoms with van der Waals surface area (Å²) in [6, 6.07) is 13.0. The molecule has 2 aromatic carbocycles. The van der Waals surface area contributed by atoms with E-state index in [0.29, 0.717) is 29.4 Å². The Morgan fingerprint density at radius 2 is 1.84 bits per heavy atom. The predicted molar refractivity (Wildman–Crippen MR) is 96.9 cm³/mol. The van der Waals surface area contributed by atoms with Gasteiger partial charge in [0.25, 0.3) is 0 Å². The minimum Gasteiger partial charge on any atom is -0.493 e. The molecule has 0 aromatic heterocycles. The summed E-state index contributed by atoms with van der Waals surface area (Å²) in [5, 5.41) is 0. The highest BCUT2D eigenvalue weighted by Crippen LogP contribution is 2.35. The van der Waals surface area contributed by atoms with Crippen LogP contribution in [0.1, 0.15) is 15.9 Å². The van der Waals surface area contributed by atoms with Gasteiger partial charge in [0, 0.05) is 26.2 Å². The van der Waals surface area contributed by atoms with E-state index in [1.807, 2.05) is 44.4 Å². The van der Waals surface area contributed by atoms with Crippen LogP contribution in [-0.2, 0) is 11.3 Å². The van der Waals surface area contributed by atoms with Crippen molar-refractivity contribution in [3.05, 3.63) is 53.6 Å². The lowest BCUT2D eigenvalue weighted by Gasteiger charge is -2.14. The SMILES string of the molecule is COC(=O)c1cc(OC)c(OCc2ccccc2)cc1N=CN(C)C. The number of benzene rings is 2. The molecule has 0 fully saturated rings. The summed E-state index contributed by atoms with van der Waals surface area (Å²) in [5.41, 5.74) is 1.79. The van der Waals surface area contributed by atoms with Crippen LogP contribution in [-0.4, -0.2) is 45.5 Å². The lowest BCUT2D eigenvalue weighted by molar-refractivity contribution is 0.0601. The molecule has 6 heteroatoms. The Morgan fingerprint density at radius 1 is 1.12 bits per heavy atom. The van der Waals surface area contributed by atoms with E-state index in [1.54, 1.807) is 23.4 Å². The molecule has 2 rings (SSSR count). The molecule has 2 aromatic rings. The van der Waals surface area contributed by atoms with Crippen molar-refractivity contribution in [2.24, 2.45) is 4.99 Å². The average Bonchev–Trinajstić information content (AvgIpc) is 2.64. The Morgan fingerprint density at radius 3 is 2.44 bits per heavy atom. The summed E-state index contributed by atoms with van der Waals surface area (Å²) in [6.07, 6.45) is 1.61. The number of carbonyl (C=O) groups is 1. The zero-order chi connectivity index (χ0) is 18.2. The lowest BCUT2D eigenvalue weighted by Crippen LogP contribution is -2.08. The molecule has 0 aliphatic heterocycles. The Bertz CT molecular complexity index is 743. The first kappa shape index (κ1) is 18.3. The van der Waals surface area contributed by atoms with Crippen LogP contribution in [0.5, 0.6) is 11.5 Å². The highest BCUT2D eigenvalue weighted by molar-refractivity contribution is 5.96. The molecule has 0 bridgehead atoms. The molecule has 0 heterocycles. The van der Waals surface area contributed by atoms with E-state index in [1.165, 1.54) is 14.2 Å². The smallest absolute Gasteiger partial charge is 0.340 e. The number of aliphatic imine (C=N–C) groups is 1. The standard InChI is InChI=1S/C19H22N2O4/c1-21(2)13-20-16-11-18(25-12-14-8-6-5-7-9-14)17(23-3)10-15(16)19(22)24-4/h5-11,13H,12H2,1-4H3. The largest absolute Gasteiger partial charge is 0.493 e. The number of methoxy groups -OCH3 is 2. The number of nitrogens with zero attached hydrogens (tertiary/aromatic N) is 2. The number of esters is 1. The quantitative estimate of drug-likeness (QED) is 0.439. The van der Waals surface area contributed by atoms with Crippen molar-refractivity contribution < 1.29 is 19.0 Å². The molecule has 0 aliphatic rings. The molecule has 0 spiro atoms. The number of carbonyl (C=O) groups excluding carboxylic acids is 1. The van der Waals surface area contributed by atoms with Gasteiger partial charge in [-0.25, -0.2) is 9.79 Å². The summed E-state index contributed by atoms with van der Waals surface area (Å²) in [4.78, 5) is 18.1. The number of ether oxygens (including phenoxy) is 3. The van der Waals surface area contributed by atoms with Crippen molar-refractivity contribution in [1.29, 1.82) is 0 Å². The topological polar surface area (TPSA) is 60.4 Å². The van der Waals surface area contributed by atoms with Gasteiger partial charge in [-0.3, -0.25) is 0 Å². The van der Waals surface area contributed by atoms with E-state index in [9.17, 15) is 4.79 Å². The van der Waals surface area contributed by atoms with Crippen LogP contribution in [0.3, 0.4) is 0 Å². The lowest BCUT2D eigenvalue weighted by atomic mass is 10.1. The summed E-state index contributed by atoms with van der Waals surface area (Å²) in [5.74, 6) is 0.462. The molecular weight excluding hydrogens is 320 g/mol. The second-order valence-corrected chi connectivity index (χ2v) is 5.49. The maximum atomic E-state index is 12.0. The van der Waals surface area contributed by atoms with Gasteiger partial charge in [-0.05, 0) is 5.56 Å². The summed E-state index contributed by atoms with van der Waals surface area (Å²) >= 11 is 0. The van der Waals surface area contributed by atoms with Crippen molar-refractivity contribution in [1.82, 2.24) is 4.90 Å². The van der Waals surface area contributed by atoms with E-state index in [2.05, 4.69) is 4.99 Å². The third kappa shape index (κ3) is 4.97. The molecule has 0 N–H and O–H groups in total. The number of hydrogen-bond acceptors (Lipinski definition) is 5. The first-order chi connectivity index (χ1) is 12.0. The van der Waals surface area contributed by atoms with Crippen LogP contribution >= 0.6 is 0 Å². The monoisotopic (exact) mass is 342 g/mol. The van der Waals surface area contributed by atoms with Gasteiger partial charge >= 0.3 is 5.97 Å². The second-order valence-electron chi connectivity index (χ2n) is 5.49. The van der Waals surface area contributed by atoms with Gasteiger partial charge in [0.05, 0.1) is 31.8 Å². The minimum absolute atomic E-state index is 0.310. The fourth-order valence-corrected chi connectivity index (χ4v) is 2.11. The normalized spacial score (nSPS) is 10.6. The number of hydrogen-bond donors (Lipinski definition) is 0. The molecule has 0 unspecified atom stereocenters. The Labute approximate surface area is 147 Å². The minimum atomic E-state index is -0.487. The van der Waals surface area contributed by atoms with E-state index < -0.39 is 5.97 Å². The fourth-order valence-electron chi connectivity index (χ4n) is 2.11. The van der Waals surface area contributed by atoms with Crippen molar-refractivity contribution in [2.75, 3.05) is 28.3 Å². The molecule has 0 amide bonds. The Balaban J connectivity index is 2.37. The summed E-state index contributed by atoms with van der Waals surface area (Å²) in [6.45, 7) is 0.381. The third-order valence-corrected chi connectivity index (χ3v) is 3.35. The van der Waals surface area contributed by atoms with Gasteiger partial charge in [0.15, 0.2) is 11.5 Å². The van der Waals surface area contributed by atoms with E-state index >= 15 is 0 Å². The van der Waals surface area contributed by atoms with Crippen molar-refractivity contribution in [3.8, 4) is 11.5 Å². The molecule has 0 saturated heterocycles. The van der Waals surface area contributed by atoms with Crippen LogP contribution < -0.4 is 9.47 Å². The zero-order valence-electron chi connectivity index (χ0n) is 14.9. The van der Waals surface area contributed by atoms with Crippen molar-refractivity contribution in [3.63, 3.8) is 0 Å². The van der Waals surface area contributed by atoms with E-state index in [0.717, 1.165) is 5.56 Å². The summed E-state index contributed by atoms with van der Waals surface area (Å²) in [7, 11) is 6.54. The number of rotatable bonds is 7. The van der Waals surface area contributed by atoms with E-state index in [4.69, 9.17) is 14.2 Å². The third-order valence-electron chi connectivity index (χ3n) is 3.35. The average molecular weight is 342 g/mol. The maximum Gasteiger partial charge on any atom is 0.340 e. The molecule has 25 heavy (non-hydrogen) atoms. The summed E-state index contributed by atoms with van der Waals surface area (Å²) < 4.78 is 16.0. The van der Waals surface area contributed by atoms with Crippen LogP contribution in [0.15, 0.2) is 47.5 Å². The van der Waals surface area contributed by atoms with Gasteiger partial charge < -0.3 is 19.1 Å². The first-order valence-corrected chi connectivity index (χ1v) is 7.73. The molecule has 6 nitrogen and oxygen atoms in total. The van der Waals surface area contributed by atoms with Crippen LogP contribution in [0.2, 0.25) is 0 Å². The van der Waals surface area contributed by atoms with Gasteiger partial charge in [-0.15, -0.1) is 0 Å². The molecule has 0 atom stereocenters. The highest BCUT2D eigenvalue weighted by Gasteiger charge is 2.17. The molecule has 0 radical (unpaired) electrons. The molecular formula is C19H22N2O4. The fraction of sp³-hybridized carbons (Fsp3) is 0.263. The van der Waals surface area contributed by atoms with Gasteiger partial charge in [-0.2, -0.15) is 0 Å². The maximum absolute atomic E-state index is 12.0. The molecule has 132 valence electrons. The van der Waals surface area contributed by atoms with Gasteiger partial charge in [-0.1, -0.05) is 30.3 Å². The second kappa shape index (κ2) is 8.73. The zero-order valence-corrected chi connectivity index (χ0v) is 14.9. The Kier molecular flexibility index (Phi) is 6.39. The van der Waals surface area contributed by atoms with Crippen LogP contribution in [0.4, 0.5) is 5.69 Å². The van der Waals surface area contributed by atoms with Crippen LogP contribution in [0.25, 0.3) is 0 Å². The Hall–Kier alpha value is -3.02. The first-order valence-electron chi connectivity index (χ1n) is 7.73.